The molecular formula is C16H24N2O2S. The van der Waals surface area contributed by atoms with Crippen molar-refractivity contribution < 1.29 is 9.00 Å². The number of para-hydroxylation sites is 1. The number of hydrogen-bond donors (Lipinski definition) is 2. The zero-order chi connectivity index (χ0) is 15.4. The molecule has 4 unspecified atom stereocenters. The lowest BCUT2D eigenvalue weighted by molar-refractivity contribution is -0.122. The minimum Gasteiger partial charge on any atom is -0.382 e. The SMILES string of the molecule is CC1CC(C(=O)NCCC(C)S(C)=O)c2ccccc2N1. The van der Waals surface area contributed by atoms with Gasteiger partial charge in [0.15, 0.2) is 0 Å². The Kier molecular flexibility index (Phi) is 5.39. The first kappa shape index (κ1) is 16.0. The lowest BCUT2D eigenvalue weighted by Crippen LogP contribution is -2.37. The molecule has 0 bridgehead atoms. The molecule has 0 saturated heterocycles. The van der Waals surface area contributed by atoms with Crippen molar-refractivity contribution >= 4 is 22.4 Å². The summed E-state index contributed by atoms with van der Waals surface area (Å²) in [6.45, 7) is 4.63. The van der Waals surface area contributed by atoms with Gasteiger partial charge in [0.05, 0.1) is 5.92 Å². The normalized spacial score (nSPS) is 23.6. The van der Waals surface area contributed by atoms with E-state index in [-0.39, 0.29) is 23.1 Å². The Morgan fingerprint density at radius 3 is 2.90 bits per heavy atom. The van der Waals surface area contributed by atoms with Gasteiger partial charge in [-0.15, -0.1) is 0 Å². The fourth-order valence-corrected chi connectivity index (χ4v) is 3.12. The van der Waals surface area contributed by atoms with Crippen LogP contribution in [0.4, 0.5) is 5.69 Å². The van der Waals surface area contributed by atoms with Gasteiger partial charge in [-0.25, -0.2) is 0 Å². The molecule has 1 amide bonds. The molecule has 0 aliphatic carbocycles. The zero-order valence-corrected chi connectivity index (χ0v) is 13.7. The van der Waals surface area contributed by atoms with Crippen LogP contribution < -0.4 is 10.6 Å². The zero-order valence-electron chi connectivity index (χ0n) is 12.9. The van der Waals surface area contributed by atoms with Gasteiger partial charge in [-0.2, -0.15) is 0 Å². The summed E-state index contributed by atoms with van der Waals surface area (Å²) in [5.74, 6) is -0.0234. The maximum absolute atomic E-state index is 12.4. The second-order valence-corrected chi connectivity index (χ2v) is 7.61. The van der Waals surface area contributed by atoms with Crippen LogP contribution in [-0.2, 0) is 15.6 Å². The quantitative estimate of drug-likeness (QED) is 0.877. The predicted molar refractivity (Wildman–Crippen MR) is 88.0 cm³/mol. The largest absolute Gasteiger partial charge is 0.382 e. The van der Waals surface area contributed by atoms with E-state index in [2.05, 4.69) is 17.6 Å². The number of carbonyl (C=O) groups is 1. The smallest absolute Gasteiger partial charge is 0.227 e. The fourth-order valence-electron chi connectivity index (χ4n) is 2.67. The minimum absolute atomic E-state index is 0.0740. The van der Waals surface area contributed by atoms with Crippen LogP contribution in [0.2, 0.25) is 0 Å². The van der Waals surface area contributed by atoms with Crippen molar-refractivity contribution in [2.24, 2.45) is 0 Å². The molecule has 1 aliphatic rings. The topological polar surface area (TPSA) is 58.2 Å². The van der Waals surface area contributed by atoms with E-state index in [9.17, 15) is 9.00 Å². The van der Waals surface area contributed by atoms with Crippen molar-refractivity contribution in [1.82, 2.24) is 5.32 Å². The summed E-state index contributed by atoms with van der Waals surface area (Å²) >= 11 is 0. The maximum Gasteiger partial charge on any atom is 0.227 e. The van der Waals surface area contributed by atoms with Crippen LogP contribution in [0.5, 0.6) is 0 Å². The maximum atomic E-state index is 12.4. The molecule has 0 saturated carbocycles. The fraction of sp³-hybridized carbons (Fsp3) is 0.562. The summed E-state index contributed by atoms with van der Waals surface area (Å²) in [5, 5.41) is 6.53. The van der Waals surface area contributed by atoms with Gasteiger partial charge in [-0.3, -0.25) is 9.00 Å². The molecule has 1 aliphatic heterocycles. The van der Waals surface area contributed by atoms with Crippen LogP contribution in [0.25, 0.3) is 0 Å². The summed E-state index contributed by atoms with van der Waals surface area (Å²) in [7, 11) is -0.833. The Bertz CT molecular complexity index is 533. The number of amides is 1. The Hall–Kier alpha value is -1.36. The molecule has 0 fully saturated rings. The number of hydrogen-bond acceptors (Lipinski definition) is 3. The Labute approximate surface area is 129 Å². The second kappa shape index (κ2) is 7.07. The van der Waals surface area contributed by atoms with E-state index in [1.54, 1.807) is 6.26 Å². The molecule has 1 aromatic rings. The number of anilines is 1. The number of nitrogens with one attached hydrogen (secondary N) is 2. The molecule has 2 rings (SSSR count). The van der Waals surface area contributed by atoms with E-state index in [1.807, 2.05) is 31.2 Å². The van der Waals surface area contributed by atoms with Gasteiger partial charge in [0, 0.05) is 40.6 Å². The molecule has 0 radical (unpaired) electrons. The Morgan fingerprint density at radius 2 is 2.19 bits per heavy atom. The summed E-state index contributed by atoms with van der Waals surface area (Å²) in [6.07, 6.45) is 3.26. The molecule has 1 aromatic carbocycles. The Morgan fingerprint density at radius 1 is 1.48 bits per heavy atom. The van der Waals surface area contributed by atoms with E-state index in [1.165, 1.54) is 0 Å². The number of carbonyl (C=O) groups excluding carboxylic acids is 1. The summed E-state index contributed by atoms with van der Waals surface area (Å²) in [6, 6.07) is 8.28. The van der Waals surface area contributed by atoms with Gasteiger partial charge in [0.25, 0.3) is 0 Å². The first-order chi connectivity index (χ1) is 9.99. The lowest BCUT2D eigenvalue weighted by Gasteiger charge is -2.30. The highest BCUT2D eigenvalue weighted by Crippen LogP contribution is 2.34. The molecule has 0 aromatic heterocycles. The molecule has 2 N–H and O–H groups in total. The molecule has 21 heavy (non-hydrogen) atoms. The molecule has 4 atom stereocenters. The van der Waals surface area contributed by atoms with E-state index in [0.717, 1.165) is 24.1 Å². The van der Waals surface area contributed by atoms with E-state index < -0.39 is 10.8 Å². The average Bonchev–Trinajstić information content (AvgIpc) is 2.45. The van der Waals surface area contributed by atoms with Gasteiger partial charge in [0.1, 0.15) is 0 Å². The van der Waals surface area contributed by atoms with E-state index in [4.69, 9.17) is 0 Å². The van der Waals surface area contributed by atoms with Gasteiger partial charge in [-0.1, -0.05) is 25.1 Å². The van der Waals surface area contributed by atoms with Gasteiger partial charge in [0.2, 0.25) is 5.91 Å². The van der Waals surface area contributed by atoms with Crippen LogP contribution in [0, 0.1) is 0 Å². The van der Waals surface area contributed by atoms with Crippen LogP contribution >= 0.6 is 0 Å². The van der Waals surface area contributed by atoms with Crippen LogP contribution in [-0.4, -0.2) is 34.2 Å². The van der Waals surface area contributed by atoms with E-state index >= 15 is 0 Å². The van der Waals surface area contributed by atoms with Crippen molar-refractivity contribution in [2.75, 3.05) is 18.1 Å². The predicted octanol–water partition coefficient (Wildman–Crippen LogP) is 2.25. The highest BCUT2D eigenvalue weighted by molar-refractivity contribution is 7.84. The summed E-state index contributed by atoms with van der Waals surface area (Å²) in [4.78, 5) is 12.4. The van der Waals surface area contributed by atoms with Crippen molar-refractivity contribution in [2.45, 2.75) is 43.9 Å². The van der Waals surface area contributed by atoms with Crippen molar-refractivity contribution in [3.05, 3.63) is 29.8 Å². The van der Waals surface area contributed by atoms with E-state index in [0.29, 0.717) is 6.54 Å². The Balaban J connectivity index is 1.98. The molecule has 116 valence electrons. The summed E-state index contributed by atoms with van der Waals surface area (Å²) < 4.78 is 11.3. The van der Waals surface area contributed by atoms with Gasteiger partial charge < -0.3 is 10.6 Å². The monoisotopic (exact) mass is 308 g/mol. The first-order valence-electron chi connectivity index (χ1n) is 7.44. The lowest BCUT2D eigenvalue weighted by atomic mass is 9.87. The third kappa shape index (κ3) is 4.06. The molecule has 0 spiro atoms. The molecular weight excluding hydrogens is 284 g/mol. The second-order valence-electron chi connectivity index (χ2n) is 5.81. The third-order valence-electron chi connectivity index (χ3n) is 4.06. The summed E-state index contributed by atoms with van der Waals surface area (Å²) in [5.41, 5.74) is 2.12. The van der Waals surface area contributed by atoms with Gasteiger partial charge in [-0.05, 0) is 31.4 Å². The van der Waals surface area contributed by atoms with Crippen molar-refractivity contribution in [3.63, 3.8) is 0 Å². The molecule has 5 heteroatoms. The highest BCUT2D eigenvalue weighted by atomic mass is 32.2. The number of rotatable bonds is 5. The minimum atomic E-state index is -0.833. The highest BCUT2D eigenvalue weighted by Gasteiger charge is 2.29. The van der Waals surface area contributed by atoms with Crippen molar-refractivity contribution in [3.8, 4) is 0 Å². The van der Waals surface area contributed by atoms with Crippen LogP contribution in [0.3, 0.4) is 0 Å². The van der Waals surface area contributed by atoms with Crippen LogP contribution in [0.1, 0.15) is 38.2 Å². The number of benzene rings is 1. The average molecular weight is 308 g/mol. The van der Waals surface area contributed by atoms with Crippen molar-refractivity contribution in [1.29, 1.82) is 0 Å². The van der Waals surface area contributed by atoms with Crippen LogP contribution in [0.15, 0.2) is 24.3 Å². The number of fused-ring (bicyclic) bond motifs is 1. The standard InChI is InChI=1S/C16H24N2O2S/c1-11-10-14(13-6-4-5-7-15(13)18-11)16(19)17-9-8-12(2)21(3)20/h4-7,11-12,14,18H,8-10H2,1-3H3,(H,17,19). The van der Waals surface area contributed by atoms with Gasteiger partial charge >= 0.3 is 0 Å². The molecule has 4 nitrogen and oxygen atoms in total. The first-order valence-corrected chi connectivity index (χ1v) is 9.06. The third-order valence-corrected chi connectivity index (χ3v) is 5.43. The molecule has 1 heterocycles.